The lowest BCUT2D eigenvalue weighted by molar-refractivity contribution is -0.0450. The summed E-state index contributed by atoms with van der Waals surface area (Å²) in [6, 6.07) is 0. The zero-order chi connectivity index (χ0) is 15.4. The number of nitrogens with zero attached hydrogens (tertiary/aromatic N) is 4. The molecule has 6 nitrogen and oxygen atoms in total. The van der Waals surface area contributed by atoms with Crippen LogP contribution in [0.3, 0.4) is 0 Å². The van der Waals surface area contributed by atoms with Crippen LogP contribution in [0.15, 0.2) is 6.33 Å². The van der Waals surface area contributed by atoms with Crippen molar-refractivity contribution in [2.24, 2.45) is 5.92 Å². The van der Waals surface area contributed by atoms with E-state index in [0.717, 1.165) is 6.42 Å². The lowest BCUT2D eigenvalue weighted by atomic mass is 9.88. The maximum atomic E-state index is 15.1. The van der Waals surface area contributed by atoms with Crippen LogP contribution in [-0.4, -0.2) is 31.3 Å². The predicted molar refractivity (Wildman–Crippen MR) is 77.6 cm³/mol. The number of hydrogen-bond donors (Lipinski definition) is 1. The summed E-state index contributed by atoms with van der Waals surface area (Å²) in [6.07, 6.45) is 1.24. The van der Waals surface area contributed by atoms with Crippen molar-refractivity contribution in [3.8, 4) is 0 Å². The van der Waals surface area contributed by atoms with Crippen LogP contribution < -0.4 is 5.73 Å². The molecule has 21 heavy (non-hydrogen) atoms. The van der Waals surface area contributed by atoms with Gasteiger partial charge in [-0.1, -0.05) is 25.4 Å². The Morgan fingerprint density at radius 1 is 1.52 bits per heavy atom. The Labute approximate surface area is 126 Å². The second-order valence-corrected chi connectivity index (χ2v) is 5.93. The summed E-state index contributed by atoms with van der Waals surface area (Å²) in [4.78, 5) is 12.1. The molecule has 114 valence electrons. The zero-order valence-electron chi connectivity index (χ0n) is 12.0. The summed E-state index contributed by atoms with van der Waals surface area (Å²) in [7, 11) is 0. The fourth-order valence-corrected chi connectivity index (χ4v) is 3.08. The number of ether oxygens (including phenoxy) is 1. The van der Waals surface area contributed by atoms with E-state index in [1.807, 2.05) is 13.8 Å². The summed E-state index contributed by atoms with van der Waals surface area (Å²) >= 11 is 6.00. The average molecular weight is 314 g/mol. The zero-order valence-corrected chi connectivity index (χ0v) is 12.8. The lowest BCUT2D eigenvalue weighted by Crippen LogP contribution is -2.33. The van der Waals surface area contributed by atoms with Gasteiger partial charge in [0.2, 0.25) is 5.95 Å². The van der Waals surface area contributed by atoms with Gasteiger partial charge in [0.15, 0.2) is 22.7 Å². The molecule has 4 atom stereocenters. The smallest absolute Gasteiger partial charge is 0.223 e. The Kier molecular flexibility index (Phi) is 3.29. The third-order valence-electron chi connectivity index (χ3n) is 4.29. The third kappa shape index (κ3) is 2.06. The molecule has 0 unspecified atom stereocenters. The molecule has 3 rings (SSSR count). The molecule has 1 aliphatic rings. The minimum Gasteiger partial charge on any atom is -0.368 e. The van der Waals surface area contributed by atoms with Crippen molar-refractivity contribution >= 4 is 28.7 Å². The van der Waals surface area contributed by atoms with E-state index < -0.39 is 11.9 Å². The molecule has 0 saturated carbocycles. The van der Waals surface area contributed by atoms with Crippen molar-refractivity contribution in [2.45, 2.75) is 45.2 Å². The van der Waals surface area contributed by atoms with Gasteiger partial charge < -0.3 is 10.5 Å². The molecule has 2 aromatic heterocycles. The van der Waals surface area contributed by atoms with Gasteiger partial charge in [0.1, 0.15) is 5.52 Å². The predicted octanol–water partition coefficient (Wildman–Crippen LogP) is 2.73. The van der Waals surface area contributed by atoms with Gasteiger partial charge in [-0.3, -0.25) is 4.57 Å². The van der Waals surface area contributed by atoms with E-state index in [4.69, 9.17) is 22.1 Å². The molecule has 0 aliphatic carbocycles. The molecule has 2 aromatic rings. The Bertz CT molecular complexity index is 688. The first-order valence-electron chi connectivity index (χ1n) is 6.86. The Morgan fingerprint density at radius 3 is 2.86 bits per heavy atom. The van der Waals surface area contributed by atoms with Crippen LogP contribution in [0.4, 0.5) is 10.3 Å². The number of hydrogen-bond acceptors (Lipinski definition) is 5. The quantitative estimate of drug-likeness (QED) is 0.862. The largest absolute Gasteiger partial charge is 0.368 e. The monoisotopic (exact) mass is 313 g/mol. The molecule has 3 heterocycles. The fourth-order valence-electron chi connectivity index (χ4n) is 2.86. The van der Waals surface area contributed by atoms with E-state index in [1.54, 1.807) is 4.57 Å². The summed E-state index contributed by atoms with van der Waals surface area (Å²) in [6.45, 7) is 5.36. The summed E-state index contributed by atoms with van der Waals surface area (Å²) in [5.74, 6) is -0.215. The highest BCUT2D eigenvalue weighted by Crippen LogP contribution is 2.47. The summed E-state index contributed by atoms with van der Waals surface area (Å²) < 4.78 is 22.5. The number of rotatable bonds is 2. The molecular weight excluding hydrogens is 297 g/mol. The van der Waals surface area contributed by atoms with Crippen LogP contribution in [0, 0.1) is 5.92 Å². The molecule has 8 heteroatoms. The van der Waals surface area contributed by atoms with Gasteiger partial charge in [0, 0.05) is 5.92 Å². The van der Waals surface area contributed by atoms with Crippen molar-refractivity contribution in [2.75, 3.05) is 5.73 Å². The summed E-state index contributed by atoms with van der Waals surface area (Å²) in [5, 5.41) is 0.148. The second-order valence-electron chi connectivity index (χ2n) is 5.57. The molecule has 0 amide bonds. The topological polar surface area (TPSA) is 78.8 Å². The second kappa shape index (κ2) is 4.78. The molecule has 1 fully saturated rings. The lowest BCUT2D eigenvalue weighted by Gasteiger charge is -2.25. The Morgan fingerprint density at radius 2 is 2.24 bits per heavy atom. The maximum absolute atomic E-state index is 15.1. The van der Waals surface area contributed by atoms with Gasteiger partial charge in [0.25, 0.3) is 0 Å². The minimum absolute atomic E-state index is 0.0212. The molecule has 0 bridgehead atoms. The van der Waals surface area contributed by atoms with E-state index in [1.165, 1.54) is 13.3 Å². The Hall–Kier alpha value is -1.47. The van der Waals surface area contributed by atoms with Gasteiger partial charge in [-0.25, -0.2) is 9.37 Å². The first kappa shape index (κ1) is 14.5. The summed E-state index contributed by atoms with van der Waals surface area (Å²) in [5.41, 5.74) is 4.84. The number of nitrogen functional groups attached to an aromatic ring is 1. The molecule has 0 radical (unpaired) electrons. The normalized spacial score (nSPS) is 32.9. The Balaban J connectivity index is 2.13. The van der Waals surface area contributed by atoms with Crippen molar-refractivity contribution < 1.29 is 9.13 Å². The van der Waals surface area contributed by atoms with Crippen LogP contribution in [-0.2, 0) is 4.74 Å². The van der Waals surface area contributed by atoms with E-state index in [0.29, 0.717) is 11.2 Å². The SMILES string of the molecule is CC[C@H]1O[C@H](n2cnc3c(Cl)nc(N)nc32)[C@](C)(F)[C@@H]1C. The molecule has 1 aliphatic heterocycles. The number of fused-ring (bicyclic) bond motifs is 1. The number of halogens is 2. The highest BCUT2D eigenvalue weighted by atomic mass is 35.5. The highest BCUT2D eigenvalue weighted by Gasteiger charge is 2.52. The maximum Gasteiger partial charge on any atom is 0.223 e. The van der Waals surface area contributed by atoms with Crippen LogP contribution in [0.2, 0.25) is 5.15 Å². The van der Waals surface area contributed by atoms with Crippen LogP contribution in [0.1, 0.15) is 33.4 Å². The van der Waals surface area contributed by atoms with Gasteiger partial charge in [-0.15, -0.1) is 0 Å². The third-order valence-corrected chi connectivity index (χ3v) is 4.55. The molecule has 0 aromatic carbocycles. The molecule has 0 spiro atoms. The number of alkyl halides is 1. The van der Waals surface area contributed by atoms with E-state index >= 15 is 4.39 Å². The van der Waals surface area contributed by atoms with Crippen molar-refractivity contribution in [3.63, 3.8) is 0 Å². The first-order valence-corrected chi connectivity index (χ1v) is 7.24. The van der Waals surface area contributed by atoms with Gasteiger partial charge in [-0.2, -0.15) is 9.97 Å². The van der Waals surface area contributed by atoms with E-state index in [-0.39, 0.29) is 23.1 Å². The number of imidazole rings is 1. The number of nitrogens with two attached hydrogens (primary N) is 1. The fraction of sp³-hybridized carbons (Fsp3) is 0.615. The van der Waals surface area contributed by atoms with Gasteiger partial charge >= 0.3 is 0 Å². The van der Waals surface area contributed by atoms with Gasteiger partial charge in [-0.05, 0) is 13.3 Å². The average Bonchev–Trinajstić information content (AvgIpc) is 2.91. The number of aromatic nitrogens is 4. The van der Waals surface area contributed by atoms with E-state index in [2.05, 4.69) is 15.0 Å². The standard InChI is InChI=1S/C13H17ClFN5O/c1-4-7-6(2)13(3,15)11(21-7)20-5-17-8-9(14)18-12(16)19-10(8)20/h5-7,11H,4H2,1-3H3,(H2,16,18,19)/t6-,7-,11+,13-/m1/s1. The van der Waals surface area contributed by atoms with Crippen LogP contribution in [0.25, 0.3) is 11.2 Å². The number of anilines is 1. The minimum atomic E-state index is -1.54. The molecule has 2 N–H and O–H groups in total. The highest BCUT2D eigenvalue weighted by molar-refractivity contribution is 6.33. The van der Waals surface area contributed by atoms with Crippen molar-refractivity contribution in [3.05, 3.63) is 11.5 Å². The van der Waals surface area contributed by atoms with Crippen LogP contribution in [0.5, 0.6) is 0 Å². The molecule has 1 saturated heterocycles. The first-order chi connectivity index (χ1) is 9.86. The van der Waals surface area contributed by atoms with E-state index in [9.17, 15) is 0 Å². The van der Waals surface area contributed by atoms with Crippen LogP contribution >= 0.6 is 11.6 Å². The van der Waals surface area contributed by atoms with Gasteiger partial charge in [0.05, 0.1) is 12.4 Å². The van der Waals surface area contributed by atoms with Crippen molar-refractivity contribution in [1.29, 1.82) is 0 Å². The molecular formula is C13H17ClFN5O. The van der Waals surface area contributed by atoms with Crippen molar-refractivity contribution in [1.82, 2.24) is 19.5 Å².